The average Bonchev–Trinajstić information content (AvgIpc) is 2.64. The molecule has 0 spiro atoms. The van der Waals surface area contributed by atoms with Crippen molar-refractivity contribution < 1.29 is 17.5 Å². The van der Waals surface area contributed by atoms with Crippen LogP contribution >= 0.6 is 0 Å². The highest BCUT2D eigenvalue weighted by Gasteiger charge is 2.33. The normalized spacial score (nSPS) is 22.4. The maximum Gasteiger partial charge on any atom is 0.243 e. The van der Waals surface area contributed by atoms with Gasteiger partial charge in [0.25, 0.3) is 0 Å². The van der Waals surface area contributed by atoms with Crippen molar-refractivity contribution in [1.29, 1.82) is 0 Å². The molecule has 7 heteroatoms. The predicted molar refractivity (Wildman–Crippen MR) is 94.5 cm³/mol. The Labute approximate surface area is 149 Å². The summed E-state index contributed by atoms with van der Waals surface area (Å²) in [6.45, 7) is 4.67. The minimum Gasteiger partial charge on any atom is -0.381 e. The lowest BCUT2D eigenvalue weighted by Gasteiger charge is -2.41. The van der Waals surface area contributed by atoms with Crippen LogP contribution in [0.2, 0.25) is 0 Å². The fraction of sp³-hybridized carbons (Fsp3) is 0.667. The Kier molecular flexibility index (Phi) is 5.78. The van der Waals surface area contributed by atoms with E-state index in [0.29, 0.717) is 30.8 Å². The number of likely N-dealkylation sites (tertiary alicyclic amines) is 1. The lowest BCUT2D eigenvalue weighted by Crippen LogP contribution is -2.49. The number of halogens is 1. The molecule has 0 aromatic heterocycles. The quantitative estimate of drug-likeness (QED) is 0.817. The molecular weight excluding hydrogens is 343 g/mol. The Morgan fingerprint density at radius 2 is 1.72 bits per heavy atom. The van der Waals surface area contributed by atoms with Crippen LogP contribution in [0.4, 0.5) is 4.39 Å². The first kappa shape index (κ1) is 18.8. The number of methoxy groups -OCH3 is 1. The number of nitrogens with zero attached hydrogens (tertiary/aromatic N) is 2. The molecule has 0 saturated carbocycles. The largest absolute Gasteiger partial charge is 0.381 e. The summed E-state index contributed by atoms with van der Waals surface area (Å²) in [7, 11) is -1.78. The van der Waals surface area contributed by atoms with Crippen LogP contribution in [0.5, 0.6) is 0 Å². The Balaban J connectivity index is 1.60. The molecule has 140 valence electrons. The highest BCUT2D eigenvalue weighted by atomic mass is 32.2. The van der Waals surface area contributed by atoms with E-state index in [1.165, 1.54) is 22.5 Å². The number of sulfonamides is 1. The molecule has 0 atom stereocenters. The molecule has 25 heavy (non-hydrogen) atoms. The van der Waals surface area contributed by atoms with Crippen molar-refractivity contribution in [2.45, 2.75) is 49.6 Å². The summed E-state index contributed by atoms with van der Waals surface area (Å²) < 4.78 is 45.9. The molecule has 1 aromatic carbocycles. The van der Waals surface area contributed by atoms with Crippen molar-refractivity contribution >= 4 is 10.0 Å². The van der Waals surface area contributed by atoms with Gasteiger partial charge in [-0.3, -0.25) is 0 Å². The summed E-state index contributed by atoms with van der Waals surface area (Å²) in [5.74, 6) is -0.378. The molecule has 0 amide bonds. The molecule has 0 unspecified atom stereocenters. The summed E-state index contributed by atoms with van der Waals surface area (Å²) in [5, 5.41) is 0. The number of hydrogen-bond acceptors (Lipinski definition) is 4. The summed E-state index contributed by atoms with van der Waals surface area (Å²) in [5.41, 5.74) is 0.358. The molecule has 2 aliphatic heterocycles. The van der Waals surface area contributed by atoms with Crippen molar-refractivity contribution in [3.8, 4) is 0 Å². The minimum absolute atomic E-state index is 0.186. The van der Waals surface area contributed by atoms with Crippen LogP contribution in [0.15, 0.2) is 23.1 Å². The summed E-state index contributed by atoms with van der Waals surface area (Å²) in [4.78, 5) is 2.66. The van der Waals surface area contributed by atoms with Gasteiger partial charge < -0.3 is 9.64 Å². The van der Waals surface area contributed by atoms with Gasteiger partial charge in [-0.1, -0.05) is 0 Å². The number of ether oxygens (including phenoxy) is 1. The van der Waals surface area contributed by atoms with Gasteiger partial charge in [0.2, 0.25) is 10.0 Å². The van der Waals surface area contributed by atoms with Crippen LogP contribution in [-0.4, -0.2) is 63.1 Å². The second kappa shape index (κ2) is 7.70. The first-order valence-electron chi connectivity index (χ1n) is 8.95. The third-order valence-corrected chi connectivity index (χ3v) is 7.41. The lowest BCUT2D eigenvalue weighted by molar-refractivity contribution is 0.0190. The van der Waals surface area contributed by atoms with Gasteiger partial charge in [0.1, 0.15) is 5.82 Å². The van der Waals surface area contributed by atoms with Crippen LogP contribution in [0.3, 0.4) is 0 Å². The van der Waals surface area contributed by atoms with Gasteiger partial charge in [0, 0.05) is 39.3 Å². The van der Waals surface area contributed by atoms with E-state index in [2.05, 4.69) is 4.90 Å². The molecule has 2 saturated heterocycles. The molecule has 1 aromatic rings. The van der Waals surface area contributed by atoms with Gasteiger partial charge in [-0.2, -0.15) is 4.31 Å². The van der Waals surface area contributed by atoms with Gasteiger partial charge in [-0.25, -0.2) is 12.8 Å². The van der Waals surface area contributed by atoms with Crippen LogP contribution in [0.1, 0.15) is 31.2 Å². The van der Waals surface area contributed by atoms with Gasteiger partial charge in [-0.15, -0.1) is 0 Å². The topological polar surface area (TPSA) is 49.9 Å². The molecule has 2 fully saturated rings. The number of benzene rings is 1. The fourth-order valence-corrected chi connectivity index (χ4v) is 5.41. The van der Waals surface area contributed by atoms with E-state index in [-0.39, 0.29) is 10.7 Å². The molecule has 2 aliphatic rings. The smallest absolute Gasteiger partial charge is 0.243 e. The van der Waals surface area contributed by atoms with E-state index >= 15 is 0 Å². The van der Waals surface area contributed by atoms with E-state index in [0.717, 1.165) is 38.8 Å². The Bertz CT molecular complexity index is 694. The van der Waals surface area contributed by atoms with Crippen molar-refractivity contribution in [2.75, 3.05) is 33.3 Å². The molecule has 0 N–H and O–H groups in total. The van der Waals surface area contributed by atoms with Crippen LogP contribution in [0.25, 0.3) is 0 Å². The van der Waals surface area contributed by atoms with E-state index < -0.39 is 10.0 Å². The van der Waals surface area contributed by atoms with Crippen LogP contribution < -0.4 is 0 Å². The zero-order chi connectivity index (χ0) is 18.0. The highest BCUT2D eigenvalue weighted by molar-refractivity contribution is 7.89. The molecule has 2 heterocycles. The molecule has 0 bridgehead atoms. The van der Waals surface area contributed by atoms with E-state index in [1.54, 1.807) is 14.0 Å². The van der Waals surface area contributed by atoms with Gasteiger partial charge in [0.05, 0.1) is 11.0 Å². The van der Waals surface area contributed by atoms with E-state index in [1.807, 2.05) is 0 Å². The summed E-state index contributed by atoms with van der Waals surface area (Å²) in [6, 6.07) is 4.46. The van der Waals surface area contributed by atoms with Crippen molar-refractivity contribution in [1.82, 2.24) is 9.21 Å². The Hall–Kier alpha value is -1.02. The number of rotatable bonds is 4. The first-order valence-corrected chi connectivity index (χ1v) is 10.4. The third kappa shape index (κ3) is 4.05. The zero-order valence-corrected chi connectivity index (χ0v) is 15.8. The summed E-state index contributed by atoms with van der Waals surface area (Å²) >= 11 is 0. The van der Waals surface area contributed by atoms with Crippen molar-refractivity contribution in [3.63, 3.8) is 0 Å². The fourth-order valence-electron chi connectivity index (χ4n) is 3.85. The zero-order valence-electron chi connectivity index (χ0n) is 14.9. The predicted octanol–water partition coefficient (Wildman–Crippen LogP) is 2.40. The summed E-state index contributed by atoms with van der Waals surface area (Å²) in [6.07, 6.45) is 4.14. The van der Waals surface area contributed by atoms with Crippen molar-refractivity contribution in [2.24, 2.45) is 0 Å². The van der Waals surface area contributed by atoms with E-state index in [9.17, 15) is 12.8 Å². The minimum atomic E-state index is -3.54. The van der Waals surface area contributed by atoms with Crippen molar-refractivity contribution in [3.05, 3.63) is 29.6 Å². The number of hydrogen-bond donors (Lipinski definition) is 0. The maximum atomic E-state index is 13.4. The lowest BCUT2D eigenvalue weighted by atomic mass is 10.00. The highest BCUT2D eigenvalue weighted by Crippen LogP contribution is 2.26. The second-order valence-electron chi connectivity index (χ2n) is 7.02. The molecule has 0 aliphatic carbocycles. The Morgan fingerprint density at radius 1 is 1.08 bits per heavy atom. The van der Waals surface area contributed by atoms with Crippen LogP contribution in [0, 0.1) is 12.7 Å². The second-order valence-corrected chi connectivity index (χ2v) is 8.96. The standard InChI is InChI=1S/C18H27FN2O3S/c1-14-13-17(3-4-18(14)19)25(22,23)21-11-5-15(6-12-21)20-9-7-16(24-2)8-10-20/h3-4,13,15-16H,5-12H2,1-2H3. The molecule has 5 nitrogen and oxygen atoms in total. The SMILES string of the molecule is COC1CCN(C2CCN(S(=O)(=O)c3ccc(F)c(C)c3)CC2)CC1. The van der Waals surface area contributed by atoms with Crippen LogP contribution in [-0.2, 0) is 14.8 Å². The molecule has 3 rings (SSSR count). The average molecular weight is 370 g/mol. The number of aryl methyl sites for hydroxylation is 1. The molecular formula is C18H27FN2O3S. The van der Waals surface area contributed by atoms with Gasteiger partial charge >= 0.3 is 0 Å². The third-order valence-electron chi connectivity index (χ3n) is 5.52. The molecule has 0 radical (unpaired) electrons. The number of piperidine rings is 2. The maximum absolute atomic E-state index is 13.4. The Morgan fingerprint density at radius 3 is 2.28 bits per heavy atom. The van der Waals surface area contributed by atoms with Gasteiger partial charge in [-0.05, 0) is 56.4 Å². The van der Waals surface area contributed by atoms with E-state index in [4.69, 9.17) is 4.74 Å². The van der Waals surface area contributed by atoms with Gasteiger partial charge in [0.15, 0.2) is 0 Å². The monoisotopic (exact) mass is 370 g/mol. The first-order chi connectivity index (χ1) is 11.9.